The second-order valence-corrected chi connectivity index (χ2v) is 10.5. The fourth-order valence-corrected chi connectivity index (χ4v) is 1.71. The Bertz CT molecular complexity index is 249. The topological polar surface area (TPSA) is 33.3 Å². The molecule has 0 aliphatic heterocycles. The van der Waals surface area contributed by atoms with Gasteiger partial charge in [-0.1, -0.05) is 19.6 Å². The van der Waals surface area contributed by atoms with E-state index in [1.54, 1.807) is 0 Å². The molecule has 0 bridgehead atoms. The normalized spacial score (nSPS) is 13.7. The molecule has 0 unspecified atom stereocenters. The van der Waals surface area contributed by atoms with Crippen LogP contribution >= 0.6 is 0 Å². The molecule has 0 aromatic heterocycles. The highest BCUT2D eigenvalue weighted by molar-refractivity contribution is 6.76. The lowest BCUT2D eigenvalue weighted by atomic mass is 10.4. The first-order valence-electron chi connectivity index (χ1n) is 5.43. The summed E-state index contributed by atoms with van der Waals surface area (Å²) in [5.41, 5.74) is -0.814. The van der Waals surface area contributed by atoms with Gasteiger partial charge in [0, 0.05) is 27.9 Å². The maximum Gasteiger partial charge on any atom is 0.432 e. The van der Waals surface area contributed by atoms with Gasteiger partial charge in [-0.3, -0.25) is 0 Å². The van der Waals surface area contributed by atoms with E-state index in [0.717, 1.165) is 12.2 Å². The van der Waals surface area contributed by atoms with Crippen molar-refractivity contribution in [2.24, 2.45) is 0 Å². The summed E-state index contributed by atoms with van der Waals surface area (Å²) >= 11 is 0. The van der Waals surface area contributed by atoms with E-state index in [1.807, 2.05) is 0 Å². The average Bonchev–Trinajstić information content (AvgIpc) is 2.12. The molecule has 0 aromatic carbocycles. The van der Waals surface area contributed by atoms with Crippen LogP contribution in [0.1, 0.15) is 0 Å². The first-order valence-corrected chi connectivity index (χ1v) is 9.14. The Kier molecular flexibility index (Phi) is 6.62. The van der Waals surface area contributed by atoms with Gasteiger partial charge in [0.15, 0.2) is 0 Å². The van der Waals surface area contributed by atoms with Crippen molar-refractivity contribution in [3.05, 3.63) is 11.9 Å². The standard InChI is InChI=1S/C10H21F3N2OSi/c1-14-9(10(11,12)13)7-15-8-16-5-6-17(2,3)4/h7,14-15H,5-6,8H2,1-4H3/b9-7-. The second-order valence-electron chi connectivity index (χ2n) is 4.87. The van der Waals surface area contributed by atoms with Crippen molar-refractivity contribution in [3.63, 3.8) is 0 Å². The van der Waals surface area contributed by atoms with Crippen molar-refractivity contribution in [1.82, 2.24) is 10.6 Å². The van der Waals surface area contributed by atoms with E-state index in [9.17, 15) is 13.2 Å². The van der Waals surface area contributed by atoms with Crippen LogP contribution in [0.25, 0.3) is 0 Å². The second kappa shape index (κ2) is 6.90. The van der Waals surface area contributed by atoms with E-state index in [0.29, 0.717) is 6.61 Å². The molecule has 0 amide bonds. The van der Waals surface area contributed by atoms with Gasteiger partial charge in [-0.15, -0.1) is 0 Å². The van der Waals surface area contributed by atoms with E-state index in [4.69, 9.17) is 4.74 Å². The fraction of sp³-hybridized carbons (Fsp3) is 0.800. The molecule has 3 nitrogen and oxygen atoms in total. The monoisotopic (exact) mass is 270 g/mol. The van der Waals surface area contributed by atoms with Gasteiger partial charge in [0.25, 0.3) is 0 Å². The smallest absolute Gasteiger partial charge is 0.383 e. The summed E-state index contributed by atoms with van der Waals surface area (Å²) in [4.78, 5) is 0. The zero-order valence-corrected chi connectivity index (χ0v) is 11.7. The van der Waals surface area contributed by atoms with Crippen LogP contribution in [-0.2, 0) is 4.74 Å². The highest BCUT2D eigenvalue weighted by Crippen LogP contribution is 2.22. The van der Waals surface area contributed by atoms with Crippen molar-refractivity contribution >= 4 is 8.07 Å². The summed E-state index contributed by atoms with van der Waals surface area (Å²) in [6.45, 7) is 7.31. The van der Waals surface area contributed by atoms with E-state index in [-0.39, 0.29) is 6.73 Å². The molecule has 0 rings (SSSR count). The molecule has 0 saturated heterocycles. The predicted molar refractivity (Wildman–Crippen MR) is 65.3 cm³/mol. The molecule has 2 N–H and O–H groups in total. The number of halogens is 3. The molecule has 0 aromatic rings. The third kappa shape index (κ3) is 9.05. The first-order chi connectivity index (χ1) is 7.67. The number of ether oxygens (including phenoxy) is 1. The zero-order valence-electron chi connectivity index (χ0n) is 10.7. The zero-order chi connectivity index (χ0) is 13.5. The van der Waals surface area contributed by atoms with Crippen molar-refractivity contribution in [2.45, 2.75) is 31.9 Å². The van der Waals surface area contributed by atoms with Crippen molar-refractivity contribution in [2.75, 3.05) is 20.4 Å². The molecule has 0 spiro atoms. The van der Waals surface area contributed by atoms with Gasteiger partial charge in [0.1, 0.15) is 12.4 Å². The van der Waals surface area contributed by atoms with E-state index in [1.165, 1.54) is 7.05 Å². The fourth-order valence-electron chi connectivity index (χ4n) is 0.949. The van der Waals surface area contributed by atoms with Gasteiger partial charge in [-0.05, 0) is 6.04 Å². The number of rotatable bonds is 7. The van der Waals surface area contributed by atoms with Gasteiger partial charge in [-0.2, -0.15) is 13.2 Å². The van der Waals surface area contributed by atoms with Gasteiger partial charge < -0.3 is 15.4 Å². The van der Waals surface area contributed by atoms with Crippen molar-refractivity contribution in [3.8, 4) is 0 Å². The van der Waals surface area contributed by atoms with Gasteiger partial charge in [0.2, 0.25) is 0 Å². The van der Waals surface area contributed by atoms with Crippen LogP contribution in [0, 0.1) is 0 Å². The first kappa shape index (κ1) is 16.3. The van der Waals surface area contributed by atoms with Gasteiger partial charge in [-0.25, -0.2) is 0 Å². The minimum absolute atomic E-state index is 0.0890. The third-order valence-corrected chi connectivity index (χ3v) is 3.71. The molecular weight excluding hydrogens is 249 g/mol. The SMILES string of the molecule is CN/C(=C\NCOCC[Si](C)(C)C)C(F)(F)F. The summed E-state index contributed by atoms with van der Waals surface area (Å²) < 4.78 is 41.9. The van der Waals surface area contributed by atoms with E-state index >= 15 is 0 Å². The highest BCUT2D eigenvalue weighted by Gasteiger charge is 2.32. The minimum Gasteiger partial charge on any atom is -0.383 e. The van der Waals surface area contributed by atoms with Gasteiger partial charge >= 0.3 is 6.18 Å². The number of hydrogen-bond donors (Lipinski definition) is 2. The molecule has 7 heteroatoms. The third-order valence-electron chi connectivity index (χ3n) is 2.00. The molecule has 0 saturated carbocycles. The summed E-state index contributed by atoms with van der Waals surface area (Å²) in [6, 6.07) is 0.997. The Balaban J connectivity index is 3.79. The number of hydrogen-bond acceptors (Lipinski definition) is 3. The molecule has 0 atom stereocenters. The van der Waals surface area contributed by atoms with Crippen LogP contribution in [0.3, 0.4) is 0 Å². The molecule has 0 radical (unpaired) electrons. The highest BCUT2D eigenvalue weighted by atomic mass is 28.3. The van der Waals surface area contributed by atoms with Crippen molar-refractivity contribution in [1.29, 1.82) is 0 Å². The van der Waals surface area contributed by atoms with Crippen LogP contribution in [0.4, 0.5) is 13.2 Å². The molecule has 102 valence electrons. The Labute approximate surface area is 101 Å². The quantitative estimate of drug-likeness (QED) is 0.424. The van der Waals surface area contributed by atoms with Crippen molar-refractivity contribution < 1.29 is 17.9 Å². The van der Waals surface area contributed by atoms with E-state index < -0.39 is 19.9 Å². The largest absolute Gasteiger partial charge is 0.432 e. The van der Waals surface area contributed by atoms with Crippen LogP contribution in [0.5, 0.6) is 0 Å². The van der Waals surface area contributed by atoms with Crippen LogP contribution in [0.15, 0.2) is 11.9 Å². The molecule has 0 aliphatic carbocycles. The molecule has 17 heavy (non-hydrogen) atoms. The Hall–Kier alpha value is -0.693. The summed E-state index contributed by atoms with van der Waals surface area (Å²) in [5.74, 6) is 0. The van der Waals surface area contributed by atoms with Gasteiger partial charge in [0.05, 0.1) is 0 Å². The van der Waals surface area contributed by atoms with E-state index in [2.05, 4.69) is 30.3 Å². The minimum atomic E-state index is -4.36. The van der Waals surface area contributed by atoms with Crippen LogP contribution in [0.2, 0.25) is 25.7 Å². The lowest BCUT2D eigenvalue weighted by Gasteiger charge is -2.15. The summed E-state index contributed by atoms with van der Waals surface area (Å²) in [5, 5.41) is 4.56. The average molecular weight is 270 g/mol. The Morgan fingerprint density at radius 1 is 1.29 bits per heavy atom. The molecule has 0 aliphatic rings. The van der Waals surface area contributed by atoms with Crippen LogP contribution in [-0.4, -0.2) is 34.6 Å². The lowest BCUT2D eigenvalue weighted by Crippen LogP contribution is -2.27. The molecule has 0 fully saturated rings. The molecule has 0 heterocycles. The van der Waals surface area contributed by atoms with Crippen LogP contribution < -0.4 is 10.6 Å². The summed E-state index contributed by atoms with van der Waals surface area (Å²) in [6.07, 6.45) is -3.48. The lowest BCUT2D eigenvalue weighted by molar-refractivity contribution is -0.0965. The molecular formula is C10H21F3N2OSi. The number of alkyl halides is 3. The Morgan fingerprint density at radius 2 is 1.88 bits per heavy atom. The summed E-state index contributed by atoms with van der Waals surface area (Å²) in [7, 11) is 0.0927. The number of nitrogens with one attached hydrogen (secondary N) is 2. The Morgan fingerprint density at radius 3 is 2.29 bits per heavy atom. The maximum atomic E-state index is 12.2. The predicted octanol–water partition coefficient (Wildman–Crippen LogP) is 2.51. The number of allylic oxidation sites excluding steroid dienone is 1. The maximum absolute atomic E-state index is 12.2.